The number of carbonyl (C=O) groups is 1. The molecule has 3 heterocycles. The molecule has 0 atom stereocenters. The van der Waals surface area contributed by atoms with Crippen molar-refractivity contribution < 1.29 is 9.53 Å². The maximum atomic E-state index is 12.9. The summed E-state index contributed by atoms with van der Waals surface area (Å²) in [6.45, 7) is 2.00. The Labute approximate surface area is 143 Å². The standard InChI is InChI=1S/C17H17N5O3/c1-20-11-18-13-14(16(23)21-7-9-25-10-8-21)19-22(15(13)17(20)24)12-5-3-2-4-6-12/h2-6,11H,7-10H2,1H3. The van der Waals surface area contributed by atoms with Crippen LogP contribution in [-0.4, -0.2) is 56.4 Å². The minimum atomic E-state index is -0.248. The van der Waals surface area contributed by atoms with Crippen molar-refractivity contribution in [2.24, 2.45) is 7.05 Å². The van der Waals surface area contributed by atoms with Gasteiger partial charge in [0, 0.05) is 20.1 Å². The molecule has 1 amide bonds. The molecule has 4 rings (SSSR count). The Balaban J connectivity index is 1.93. The fourth-order valence-electron chi connectivity index (χ4n) is 2.90. The summed E-state index contributed by atoms with van der Waals surface area (Å²) in [6.07, 6.45) is 1.41. The number of hydrogen-bond donors (Lipinski definition) is 0. The van der Waals surface area contributed by atoms with E-state index in [0.717, 1.165) is 0 Å². The summed E-state index contributed by atoms with van der Waals surface area (Å²) in [5.74, 6) is -0.233. The number of amides is 1. The first-order valence-corrected chi connectivity index (χ1v) is 8.03. The zero-order valence-electron chi connectivity index (χ0n) is 13.8. The molecule has 0 aliphatic carbocycles. The van der Waals surface area contributed by atoms with E-state index in [2.05, 4.69) is 10.1 Å². The van der Waals surface area contributed by atoms with Crippen LogP contribution in [0.2, 0.25) is 0 Å². The van der Waals surface area contributed by atoms with E-state index in [1.165, 1.54) is 15.6 Å². The van der Waals surface area contributed by atoms with Gasteiger partial charge in [0.1, 0.15) is 5.52 Å². The van der Waals surface area contributed by atoms with Crippen LogP contribution in [0.25, 0.3) is 16.7 Å². The monoisotopic (exact) mass is 339 g/mol. The Bertz CT molecular complexity index is 987. The van der Waals surface area contributed by atoms with Gasteiger partial charge in [-0.25, -0.2) is 9.67 Å². The largest absolute Gasteiger partial charge is 0.378 e. The first-order chi connectivity index (χ1) is 12.2. The van der Waals surface area contributed by atoms with Crippen LogP contribution in [0.5, 0.6) is 0 Å². The number of benzene rings is 1. The maximum absolute atomic E-state index is 12.9. The van der Waals surface area contributed by atoms with Crippen molar-refractivity contribution in [3.63, 3.8) is 0 Å². The van der Waals surface area contributed by atoms with Crippen molar-refractivity contribution in [1.82, 2.24) is 24.2 Å². The third-order valence-corrected chi connectivity index (χ3v) is 4.25. The molecule has 8 heteroatoms. The van der Waals surface area contributed by atoms with Gasteiger partial charge in [-0.2, -0.15) is 5.10 Å². The highest BCUT2D eigenvalue weighted by Gasteiger charge is 2.27. The van der Waals surface area contributed by atoms with E-state index >= 15 is 0 Å². The van der Waals surface area contributed by atoms with Crippen LogP contribution in [0.1, 0.15) is 10.5 Å². The lowest BCUT2D eigenvalue weighted by atomic mass is 10.3. The quantitative estimate of drug-likeness (QED) is 0.682. The molecule has 1 fully saturated rings. The van der Waals surface area contributed by atoms with Gasteiger partial charge in [-0.15, -0.1) is 0 Å². The molecule has 1 saturated heterocycles. The lowest BCUT2D eigenvalue weighted by Gasteiger charge is -2.25. The number of hydrogen-bond acceptors (Lipinski definition) is 5. The fourth-order valence-corrected chi connectivity index (χ4v) is 2.90. The van der Waals surface area contributed by atoms with Gasteiger partial charge < -0.3 is 14.2 Å². The van der Waals surface area contributed by atoms with Gasteiger partial charge in [0.2, 0.25) is 0 Å². The zero-order chi connectivity index (χ0) is 17.4. The maximum Gasteiger partial charge on any atom is 0.279 e. The second-order valence-electron chi connectivity index (χ2n) is 5.86. The van der Waals surface area contributed by atoms with Crippen molar-refractivity contribution in [1.29, 1.82) is 0 Å². The van der Waals surface area contributed by atoms with Crippen LogP contribution in [0.3, 0.4) is 0 Å². The summed E-state index contributed by atoms with van der Waals surface area (Å²) in [5.41, 5.74) is 1.27. The van der Waals surface area contributed by atoms with Crippen molar-refractivity contribution in [3.8, 4) is 5.69 Å². The van der Waals surface area contributed by atoms with Crippen molar-refractivity contribution in [2.75, 3.05) is 26.3 Å². The number of carbonyl (C=O) groups excluding carboxylic acids is 1. The number of fused-ring (bicyclic) bond motifs is 1. The predicted octanol–water partition coefficient (Wildman–Crippen LogP) is 0.592. The van der Waals surface area contributed by atoms with Gasteiger partial charge in [0.15, 0.2) is 11.2 Å². The van der Waals surface area contributed by atoms with Gasteiger partial charge in [0.25, 0.3) is 11.5 Å². The van der Waals surface area contributed by atoms with Crippen LogP contribution in [0.4, 0.5) is 0 Å². The average Bonchev–Trinajstić information content (AvgIpc) is 3.06. The molecular formula is C17H17N5O3. The summed E-state index contributed by atoms with van der Waals surface area (Å²) in [6, 6.07) is 9.26. The minimum absolute atomic E-state index is 0.193. The van der Waals surface area contributed by atoms with Crippen LogP contribution in [-0.2, 0) is 11.8 Å². The molecule has 0 saturated carbocycles. The summed E-state index contributed by atoms with van der Waals surface area (Å²) in [7, 11) is 1.63. The Morgan fingerprint density at radius 3 is 2.60 bits per heavy atom. The summed E-state index contributed by atoms with van der Waals surface area (Å²) in [5, 5.41) is 4.45. The SMILES string of the molecule is Cn1cnc2c(C(=O)N3CCOCC3)nn(-c3ccccc3)c2c1=O. The molecule has 1 aliphatic rings. The van der Waals surface area contributed by atoms with E-state index in [-0.39, 0.29) is 17.2 Å². The Morgan fingerprint density at radius 1 is 1.16 bits per heavy atom. The van der Waals surface area contributed by atoms with E-state index in [9.17, 15) is 9.59 Å². The van der Waals surface area contributed by atoms with E-state index in [0.29, 0.717) is 43.0 Å². The summed E-state index contributed by atoms with van der Waals surface area (Å²) < 4.78 is 8.17. The lowest BCUT2D eigenvalue weighted by molar-refractivity contribution is 0.0300. The lowest BCUT2D eigenvalue weighted by Crippen LogP contribution is -2.41. The van der Waals surface area contributed by atoms with E-state index in [1.54, 1.807) is 11.9 Å². The highest BCUT2D eigenvalue weighted by atomic mass is 16.5. The molecule has 8 nitrogen and oxygen atoms in total. The van der Waals surface area contributed by atoms with Crippen LogP contribution in [0, 0.1) is 0 Å². The van der Waals surface area contributed by atoms with Gasteiger partial charge in [0.05, 0.1) is 25.2 Å². The van der Waals surface area contributed by atoms with Gasteiger partial charge >= 0.3 is 0 Å². The first-order valence-electron chi connectivity index (χ1n) is 8.03. The predicted molar refractivity (Wildman–Crippen MR) is 90.8 cm³/mol. The molecule has 3 aromatic rings. The van der Waals surface area contributed by atoms with Gasteiger partial charge in [-0.3, -0.25) is 9.59 Å². The highest BCUT2D eigenvalue weighted by Crippen LogP contribution is 2.19. The van der Waals surface area contributed by atoms with Crippen molar-refractivity contribution in [2.45, 2.75) is 0 Å². The smallest absolute Gasteiger partial charge is 0.279 e. The Kier molecular flexibility index (Phi) is 3.81. The average molecular weight is 339 g/mol. The zero-order valence-corrected chi connectivity index (χ0v) is 13.8. The molecule has 0 unspecified atom stereocenters. The third kappa shape index (κ3) is 2.60. The number of aryl methyl sites for hydroxylation is 1. The van der Waals surface area contributed by atoms with E-state index < -0.39 is 0 Å². The third-order valence-electron chi connectivity index (χ3n) is 4.25. The van der Waals surface area contributed by atoms with Crippen molar-refractivity contribution in [3.05, 3.63) is 52.7 Å². The van der Waals surface area contributed by atoms with E-state index in [4.69, 9.17) is 4.74 Å². The van der Waals surface area contributed by atoms with Gasteiger partial charge in [-0.1, -0.05) is 18.2 Å². The molecule has 0 N–H and O–H groups in total. The van der Waals surface area contributed by atoms with Crippen LogP contribution >= 0.6 is 0 Å². The second-order valence-corrected chi connectivity index (χ2v) is 5.86. The first kappa shape index (κ1) is 15.5. The molecule has 1 aromatic carbocycles. The number of ether oxygens (including phenoxy) is 1. The number of para-hydroxylation sites is 1. The number of nitrogens with zero attached hydrogens (tertiary/aromatic N) is 5. The normalized spacial score (nSPS) is 14.8. The van der Waals surface area contributed by atoms with E-state index in [1.807, 2.05) is 30.3 Å². The van der Waals surface area contributed by atoms with Crippen LogP contribution in [0.15, 0.2) is 41.5 Å². The topological polar surface area (TPSA) is 82.2 Å². The summed E-state index contributed by atoms with van der Waals surface area (Å²) in [4.78, 5) is 31.5. The minimum Gasteiger partial charge on any atom is -0.378 e. The molecule has 128 valence electrons. The second kappa shape index (κ2) is 6.14. The number of morpholine rings is 1. The number of rotatable bonds is 2. The molecule has 2 aromatic heterocycles. The molecule has 25 heavy (non-hydrogen) atoms. The molecule has 0 spiro atoms. The number of aromatic nitrogens is 4. The Hall–Kier alpha value is -3.00. The van der Waals surface area contributed by atoms with Crippen molar-refractivity contribution >= 4 is 16.9 Å². The highest BCUT2D eigenvalue weighted by molar-refractivity contribution is 6.03. The molecular weight excluding hydrogens is 322 g/mol. The molecule has 0 bridgehead atoms. The fraction of sp³-hybridized carbons (Fsp3) is 0.294. The Morgan fingerprint density at radius 2 is 1.88 bits per heavy atom. The summed E-state index contributed by atoms with van der Waals surface area (Å²) >= 11 is 0. The molecule has 1 aliphatic heterocycles. The van der Waals surface area contributed by atoms with Crippen LogP contribution < -0.4 is 5.56 Å². The van der Waals surface area contributed by atoms with Gasteiger partial charge in [-0.05, 0) is 12.1 Å². The molecule has 0 radical (unpaired) electrons.